The second kappa shape index (κ2) is 10.1. The summed E-state index contributed by atoms with van der Waals surface area (Å²) in [5.74, 6) is 0. The summed E-state index contributed by atoms with van der Waals surface area (Å²) >= 11 is 1.86. The minimum Gasteiger partial charge on any atom is -0.456 e. The lowest BCUT2D eigenvalue weighted by Crippen LogP contribution is -2.61. The lowest BCUT2D eigenvalue weighted by Gasteiger charge is -2.44. The fourth-order valence-corrected chi connectivity index (χ4v) is 10.0. The molecule has 5 heteroatoms. The molecule has 2 aromatic heterocycles. The van der Waals surface area contributed by atoms with Crippen LogP contribution in [0.5, 0.6) is 0 Å². The average Bonchev–Trinajstić information content (AvgIpc) is 3.76. The Morgan fingerprint density at radius 3 is 1.80 bits per heavy atom. The molecular weight excluding hydrogens is 639 g/mol. The first kappa shape index (κ1) is 27.5. The van der Waals surface area contributed by atoms with Crippen molar-refractivity contribution in [3.05, 3.63) is 164 Å². The van der Waals surface area contributed by atoms with Crippen LogP contribution in [0, 0.1) is 0 Å². The third kappa shape index (κ3) is 3.73. The smallest absolute Gasteiger partial charge is 0.252 e. The van der Waals surface area contributed by atoms with Gasteiger partial charge in [-0.3, -0.25) is 0 Å². The van der Waals surface area contributed by atoms with Crippen LogP contribution >= 0.6 is 11.3 Å². The Hall–Kier alpha value is -6.30. The standard InChI is InChI=1S/C46H27BN2OS/c1-2-11-31-28(10-1)20-23-42-45(31)34-27-29(21-24-41(34)50-42)48-37-15-6-4-13-35(37)47-36-14-5-7-16-38(36)49(40-18-9-17-39(48)46(40)47)30-22-25-44-33(26-30)32-12-3-8-19-43(32)51-44/h1-27H. The van der Waals surface area contributed by atoms with Crippen LogP contribution in [-0.2, 0) is 0 Å². The van der Waals surface area contributed by atoms with Crippen molar-refractivity contribution in [2.75, 3.05) is 9.80 Å². The second-order valence-electron chi connectivity index (χ2n) is 13.7. The van der Waals surface area contributed by atoms with E-state index in [-0.39, 0.29) is 6.71 Å². The molecule has 0 aliphatic carbocycles. The van der Waals surface area contributed by atoms with Gasteiger partial charge >= 0.3 is 0 Å². The molecule has 2 aliphatic heterocycles. The van der Waals surface area contributed by atoms with E-state index in [9.17, 15) is 0 Å². The molecule has 0 amide bonds. The molecule has 0 saturated heterocycles. The van der Waals surface area contributed by atoms with Crippen molar-refractivity contribution in [2.45, 2.75) is 0 Å². The first-order valence-electron chi connectivity index (χ1n) is 17.5. The van der Waals surface area contributed by atoms with Gasteiger partial charge in [0.25, 0.3) is 6.71 Å². The molecule has 2 aliphatic rings. The first-order chi connectivity index (χ1) is 25.3. The van der Waals surface area contributed by atoms with E-state index in [2.05, 4.69) is 174 Å². The van der Waals surface area contributed by atoms with Gasteiger partial charge in [0.05, 0.1) is 0 Å². The number of nitrogens with zero attached hydrogens (tertiary/aromatic N) is 2. The maximum atomic E-state index is 6.43. The van der Waals surface area contributed by atoms with Crippen molar-refractivity contribution in [3.8, 4) is 0 Å². The highest BCUT2D eigenvalue weighted by Gasteiger charge is 2.42. The molecule has 0 radical (unpaired) electrons. The maximum absolute atomic E-state index is 6.43. The van der Waals surface area contributed by atoms with Crippen LogP contribution < -0.4 is 26.2 Å². The van der Waals surface area contributed by atoms with E-state index in [1.807, 2.05) is 11.3 Å². The monoisotopic (exact) mass is 666 g/mol. The number of fused-ring (bicyclic) bond motifs is 12. The molecule has 0 N–H and O–H groups in total. The largest absolute Gasteiger partial charge is 0.456 e. The van der Waals surface area contributed by atoms with Gasteiger partial charge < -0.3 is 14.2 Å². The lowest BCUT2D eigenvalue weighted by atomic mass is 9.33. The number of thiophene rings is 1. The molecule has 0 saturated carbocycles. The molecule has 0 bridgehead atoms. The quantitative estimate of drug-likeness (QED) is 0.171. The number of para-hydroxylation sites is 2. The van der Waals surface area contributed by atoms with Gasteiger partial charge in [0.1, 0.15) is 11.2 Å². The van der Waals surface area contributed by atoms with Crippen molar-refractivity contribution in [2.24, 2.45) is 0 Å². The van der Waals surface area contributed by atoms with Crippen LogP contribution in [0.25, 0.3) is 52.9 Å². The fourth-order valence-electron chi connectivity index (χ4n) is 8.92. The van der Waals surface area contributed by atoms with Gasteiger partial charge in [0.2, 0.25) is 0 Å². The Balaban J connectivity index is 1.12. The summed E-state index contributed by atoms with van der Waals surface area (Å²) < 4.78 is 9.07. The normalized spacial score (nSPS) is 13.4. The molecule has 0 spiro atoms. The van der Waals surface area contributed by atoms with E-state index in [0.29, 0.717) is 0 Å². The summed E-state index contributed by atoms with van der Waals surface area (Å²) in [6, 6.07) is 60.1. The molecule has 8 aromatic carbocycles. The van der Waals surface area contributed by atoms with Gasteiger partial charge in [0, 0.05) is 65.1 Å². The highest BCUT2D eigenvalue weighted by Crippen LogP contribution is 2.46. The number of hydrogen-bond acceptors (Lipinski definition) is 4. The molecular formula is C46H27BN2OS. The molecule has 0 fully saturated rings. The third-order valence-corrected chi connectivity index (χ3v) is 12.2. The van der Waals surface area contributed by atoms with Crippen LogP contribution in [0.2, 0.25) is 0 Å². The Morgan fingerprint density at radius 1 is 0.431 bits per heavy atom. The van der Waals surface area contributed by atoms with Gasteiger partial charge in [-0.05, 0) is 100.0 Å². The van der Waals surface area contributed by atoms with Gasteiger partial charge in [-0.15, -0.1) is 11.3 Å². The van der Waals surface area contributed by atoms with E-state index in [1.54, 1.807) is 0 Å². The number of benzene rings is 8. The average molecular weight is 667 g/mol. The molecule has 4 heterocycles. The van der Waals surface area contributed by atoms with E-state index in [4.69, 9.17) is 4.42 Å². The van der Waals surface area contributed by atoms with Crippen molar-refractivity contribution in [3.63, 3.8) is 0 Å². The van der Waals surface area contributed by atoms with Gasteiger partial charge in [0.15, 0.2) is 0 Å². The minimum atomic E-state index is 0.101. The number of rotatable bonds is 2. The van der Waals surface area contributed by atoms with Gasteiger partial charge in [-0.2, -0.15) is 0 Å². The van der Waals surface area contributed by atoms with Crippen LogP contribution in [0.4, 0.5) is 34.1 Å². The first-order valence-corrected chi connectivity index (χ1v) is 18.3. The zero-order chi connectivity index (χ0) is 33.2. The molecule has 0 unspecified atom stereocenters. The predicted octanol–water partition coefficient (Wildman–Crippen LogP) is 11.2. The zero-order valence-electron chi connectivity index (χ0n) is 27.4. The van der Waals surface area contributed by atoms with Gasteiger partial charge in [-0.25, -0.2) is 0 Å². The lowest BCUT2D eigenvalue weighted by molar-refractivity contribution is 0.669. The van der Waals surface area contributed by atoms with Crippen LogP contribution in [0.15, 0.2) is 168 Å². The summed E-state index contributed by atoms with van der Waals surface area (Å²) in [7, 11) is 0. The third-order valence-electron chi connectivity index (χ3n) is 11.0. The highest BCUT2D eigenvalue weighted by atomic mass is 32.1. The predicted molar refractivity (Wildman–Crippen MR) is 218 cm³/mol. The van der Waals surface area contributed by atoms with Crippen LogP contribution in [0.3, 0.4) is 0 Å². The maximum Gasteiger partial charge on any atom is 0.252 e. The Morgan fingerprint density at radius 2 is 1.02 bits per heavy atom. The molecule has 12 rings (SSSR count). The molecule has 0 atom stereocenters. The van der Waals surface area contributed by atoms with Gasteiger partial charge in [-0.1, -0.05) is 91.0 Å². The van der Waals surface area contributed by atoms with E-state index < -0.39 is 0 Å². The molecule has 3 nitrogen and oxygen atoms in total. The Kier molecular flexibility index (Phi) is 5.47. The Bertz CT molecular complexity index is 3090. The number of hydrogen-bond donors (Lipinski definition) is 0. The summed E-state index contributed by atoms with van der Waals surface area (Å²) in [5.41, 5.74) is 12.9. The second-order valence-corrected chi connectivity index (χ2v) is 14.7. The topological polar surface area (TPSA) is 19.6 Å². The SMILES string of the molecule is c1ccc2c(c1)B1c3ccccc3N(c3ccc4oc5ccc6ccccc6c5c4c3)c3cccc(c31)N2c1ccc2sc3ccccc3c2c1. The zero-order valence-corrected chi connectivity index (χ0v) is 28.2. The Labute approximate surface area is 298 Å². The van der Waals surface area contributed by atoms with E-state index in [0.717, 1.165) is 22.2 Å². The number of furan rings is 1. The summed E-state index contributed by atoms with van der Waals surface area (Å²) in [6.45, 7) is 0.101. The van der Waals surface area contributed by atoms with E-state index in [1.165, 1.54) is 81.2 Å². The molecule has 51 heavy (non-hydrogen) atoms. The fraction of sp³-hybridized carbons (Fsp3) is 0. The summed E-state index contributed by atoms with van der Waals surface area (Å²) in [4.78, 5) is 4.96. The highest BCUT2D eigenvalue weighted by molar-refractivity contribution is 7.25. The van der Waals surface area contributed by atoms with Crippen molar-refractivity contribution in [1.29, 1.82) is 0 Å². The number of anilines is 6. The summed E-state index contributed by atoms with van der Waals surface area (Å²) in [5, 5.41) is 7.34. The minimum absolute atomic E-state index is 0.101. The molecule has 236 valence electrons. The van der Waals surface area contributed by atoms with E-state index >= 15 is 0 Å². The molecule has 10 aromatic rings. The van der Waals surface area contributed by atoms with Crippen LogP contribution in [0.1, 0.15) is 0 Å². The van der Waals surface area contributed by atoms with Crippen molar-refractivity contribution < 1.29 is 4.42 Å². The van der Waals surface area contributed by atoms with Crippen LogP contribution in [-0.4, -0.2) is 6.71 Å². The van der Waals surface area contributed by atoms with Crippen molar-refractivity contribution in [1.82, 2.24) is 0 Å². The van der Waals surface area contributed by atoms with Crippen molar-refractivity contribution >= 4 is 121 Å². The summed E-state index contributed by atoms with van der Waals surface area (Å²) in [6.07, 6.45) is 0.